The van der Waals surface area contributed by atoms with Gasteiger partial charge in [-0.1, -0.05) is 6.92 Å². The number of nitrogens with one attached hydrogen (secondary N) is 1. The summed E-state index contributed by atoms with van der Waals surface area (Å²) >= 11 is 3.46. The molecule has 14 heavy (non-hydrogen) atoms. The number of ether oxygens (including phenoxy) is 1. The van der Waals surface area contributed by atoms with Gasteiger partial charge < -0.3 is 9.72 Å². The van der Waals surface area contributed by atoms with Crippen molar-refractivity contribution in [3.05, 3.63) is 22.4 Å². The molecule has 0 bridgehead atoms. The van der Waals surface area contributed by atoms with Gasteiger partial charge in [-0.15, -0.1) is 0 Å². The molecule has 0 amide bonds. The molecular formula is C10H11BrN2O. The van der Waals surface area contributed by atoms with Crippen molar-refractivity contribution in [2.24, 2.45) is 0 Å². The summed E-state index contributed by atoms with van der Waals surface area (Å²) in [4.78, 5) is 7.70. The van der Waals surface area contributed by atoms with Gasteiger partial charge in [-0.3, -0.25) is 0 Å². The second-order valence-corrected chi connectivity index (χ2v) is 3.86. The summed E-state index contributed by atoms with van der Waals surface area (Å²) < 4.78 is 6.24. The molecule has 0 aliphatic carbocycles. The second-order valence-electron chi connectivity index (χ2n) is 3.01. The molecular weight excluding hydrogens is 244 g/mol. The van der Waals surface area contributed by atoms with Crippen LogP contribution >= 0.6 is 15.9 Å². The third-order valence-electron chi connectivity index (χ3n) is 2.16. The van der Waals surface area contributed by atoms with Crippen LogP contribution in [0.25, 0.3) is 11.0 Å². The summed E-state index contributed by atoms with van der Waals surface area (Å²) in [5, 5.41) is 0. The van der Waals surface area contributed by atoms with Gasteiger partial charge in [-0.25, -0.2) is 4.98 Å². The molecule has 0 atom stereocenters. The zero-order valence-corrected chi connectivity index (χ0v) is 9.68. The van der Waals surface area contributed by atoms with E-state index >= 15 is 0 Å². The van der Waals surface area contributed by atoms with E-state index in [1.165, 1.54) is 0 Å². The minimum Gasteiger partial charge on any atom is -0.494 e. The first-order valence-corrected chi connectivity index (χ1v) is 5.26. The number of H-pyrrole nitrogens is 1. The highest BCUT2D eigenvalue weighted by atomic mass is 79.9. The van der Waals surface area contributed by atoms with E-state index in [0.29, 0.717) is 0 Å². The summed E-state index contributed by atoms with van der Waals surface area (Å²) in [6.45, 7) is 2.07. The van der Waals surface area contributed by atoms with E-state index in [1.54, 1.807) is 7.11 Å². The summed E-state index contributed by atoms with van der Waals surface area (Å²) in [5.41, 5.74) is 1.89. The van der Waals surface area contributed by atoms with Crippen molar-refractivity contribution in [1.82, 2.24) is 9.97 Å². The number of nitrogens with zero attached hydrogens (tertiary/aromatic N) is 1. The Morgan fingerprint density at radius 3 is 2.93 bits per heavy atom. The molecule has 0 radical (unpaired) electrons. The number of halogens is 1. The number of hydrogen-bond acceptors (Lipinski definition) is 2. The molecule has 4 heteroatoms. The minimum absolute atomic E-state index is 0.829. The van der Waals surface area contributed by atoms with Gasteiger partial charge in [-0.05, 0) is 28.1 Å². The molecule has 0 fully saturated rings. The lowest BCUT2D eigenvalue weighted by atomic mass is 10.3. The summed E-state index contributed by atoms with van der Waals surface area (Å²) in [7, 11) is 1.66. The van der Waals surface area contributed by atoms with Crippen molar-refractivity contribution in [3.8, 4) is 5.75 Å². The van der Waals surface area contributed by atoms with Crippen LogP contribution in [-0.4, -0.2) is 17.1 Å². The van der Waals surface area contributed by atoms with Crippen molar-refractivity contribution in [3.63, 3.8) is 0 Å². The van der Waals surface area contributed by atoms with E-state index in [2.05, 4.69) is 32.8 Å². The Morgan fingerprint density at radius 2 is 2.29 bits per heavy atom. The molecule has 0 saturated heterocycles. The monoisotopic (exact) mass is 254 g/mol. The number of benzene rings is 1. The fourth-order valence-corrected chi connectivity index (χ4v) is 1.84. The van der Waals surface area contributed by atoms with Crippen LogP contribution in [0.5, 0.6) is 5.75 Å². The highest BCUT2D eigenvalue weighted by Gasteiger charge is 2.09. The van der Waals surface area contributed by atoms with Crippen LogP contribution < -0.4 is 4.74 Å². The molecule has 0 aliphatic rings. The first-order chi connectivity index (χ1) is 6.76. The molecule has 0 saturated carbocycles. The maximum atomic E-state index is 5.25. The van der Waals surface area contributed by atoms with Gasteiger partial charge in [0, 0.05) is 10.9 Å². The van der Waals surface area contributed by atoms with E-state index in [0.717, 1.165) is 33.5 Å². The number of aromatic nitrogens is 2. The molecule has 2 rings (SSSR count). The Balaban J connectivity index is 2.74. The average molecular weight is 255 g/mol. The van der Waals surface area contributed by atoms with Gasteiger partial charge in [0.2, 0.25) is 0 Å². The van der Waals surface area contributed by atoms with Gasteiger partial charge in [0.25, 0.3) is 0 Å². The first kappa shape index (κ1) is 9.52. The van der Waals surface area contributed by atoms with Crippen molar-refractivity contribution in [2.45, 2.75) is 13.3 Å². The van der Waals surface area contributed by atoms with Crippen LogP contribution in [0, 0.1) is 0 Å². The summed E-state index contributed by atoms with van der Waals surface area (Å²) in [6.07, 6.45) is 0.893. The van der Waals surface area contributed by atoms with Crippen molar-refractivity contribution in [1.29, 1.82) is 0 Å². The van der Waals surface area contributed by atoms with Crippen LogP contribution in [0.4, 0.5) is 0 Å². The normalized spacial score (nSPS) is 10.8. The fourth-order valence-electron chi connectivity index (χ4n) is 1.42. The zero-order chi connectivity index (χ0) is 10.1. The van der Waals surface area contributed by atoms with Gasteiger partial charge in [0.15, 0.2) is 0 Å². The molecule has 1 aromatic heterocycles. The second kappa shape index (κ2) is 3.61. The maximum absolute atomic E-state index is 5.25. The highest BCUT2D eigenvalue weighted by molar-refractivity contribution is 9.10. The van der Waals surface area contributed by atoms with Crippen LogP contribution in [0.3, 0.4) is 0 Å². The lowest BCUT2D eigenvalue weighted by Crippen LogP contribution is -1.84. The van der Waals surface area contributed by atoms with E-state index in [-0.39, 0.29) is 0 Å². The number of methoxy groups -OCH3 is 1. The largest absolute Gasteiger partial charge is 0.494 e. The summed E-state index contributed by atoms with van der Waals surface area (Å²) in [6, 6.07) is 3.87. The van der Waals surface area contributed by atoms with Crippen LogP contribution in [0.1, 0.15) is 12.7 Å². The zero-order valence-electron chi connectivity index (χ0n) is 8.10. The van der Waals surface area contributed by atoms with E-state index in [9.17, 15) is 0 Å². The topological polar surface area (TPSA) is 37.9 Å². The molecule has 0 spiro atoms. The van der Waals surface area contributed by atoms with Gasteiger partial charge in [-0.2, -0.15) is 0 Å². The Morgan fingerprint density at radius 1 is 1.50 bits per heavy atom. The standard InChI is InChI=1S/C10H11BrN2O/c1-3-8-12-9-6(11)4-5-7(14-2)10(9)13-8/h4-5H,3H2,1-2H3,(H,12,13). The highest BCUT2D eigenvalue weighted by Crippen LogP contribution is 2.29. The number of aryl methyl sites for hydroxylation is 1. The molecule has 0 unspecified atom stereocenters. The third-order valence-corrected chi connectivity index (χ3v) is 2.80. The Bertz CT molecular complexity index is 464. The number of rotatable bonds is 2. The lowest BCUT2D eigenvalue weighted by Gasteiger charge is -2.00. The number of aromatic amines is 1. The molecule has 74 valence electrons. The predicted molar refractivity (Wildman–Crippen MR) is 59.7 cm³/mol. The Kier molecular flexibility index (Phi) is 2.46. The van der Waals surface area contributed by atoms with E-state index in [4.69, 9.17) is 4.74 Å². The molecule has 1 heterocycles. The fraction of sp³-hybridized carbons (Fsp3) is 0.300. The van der Waals surface area contributed by atoms with Gasteiger partial charge in [0.05, 0.1) is 7.11 Å². The van der Waals surface area contributed by atoms with Gasteiger partial charge in [0.1, 0.15) is 22.6 Å². The first-order valence-electron chi connectivity index (χ1n) is 4.47. The summed E-state index contributed by atoms with van der Waals surface area (Å²) in [5.74, 6) is 1.81. The van der Waals surface area contributed by atoms with Gasteiger partial charge >= 0.3 is 0 Å². The van der Waals surface area contributed by atoms with Crippen LogP contribution in [0.15, 0.2) is 16.6 Å². The molecule has 2 aromatic rings. The van der Waals surface area contributed by atoms with E-state index in [1.807, 2.05) is 12.1 Å². The van der Waals surface area contributed by atoms with Crippen molar-refractivity contribution < 1.29 is 4.74 Å². The quantitative estimate of drug-likeness (QED) is 0.895. The van der Waals surface area contributed by atoms with Crippen LogP contribution in [0.2, 0.25) is 0 Å². The van der Waals surface area contributed by atoms with Crippen molar-refractivity contribution >= 4 is 27.0 Å². The maximum Gasteiger partial charge on any atom is 0.144 e. The molecule has 1 N–H and O–H groups in total. The third kappa shape index (κ3) is 1.39. The SMILES string of the molecule is CCc1nc2c(Br)ccc(OC)c2[nH]1. The molecule has 0 aliphatic heterocycles. The van der Waals surface area contributed by atoms with Crippen LogP contribution in [-0.2, 0) is 6.42 Å². The Labute approximate surface area is 90.6 Å². The smallest absolute Gasteiger partial charge is 0.144 e. The average Bonchev–Trinajstić information content (AvgIpc) is 2.63. The number of imidazole rings is 1. The molecule has 1 aromatic carbocycles. The van der Waals surface area contributed by atoms with Crippen molar-refractivity contribution in [2.75, 3.05) is 7.11 Å². The number of fused-ring (bicyclic) bond motifs is 1. The predicted octanol–water partition coefficient (Wildman–Crippen LogP) is 2.90. The minimum atomic E-state index is 0.829. The Hall–Kier alpha value is -1.03. The van der Waals surface area contributed by atoms with E-state index < -0.39 is 0 Å². The lowest BCUT2D eigenvalue weighted by molar-refractivity contribution is 0.419. The molecule has 3 nitrogen and oxygen atoms in total. The number of hydrogen-bond donors (Lipinski definition) is 1.